The van der Waals surface area contributed by atoms with E-state index in [1.54, 1.807) is 31.2 Å². The summed E-state index contributed by atoms with van der Waals surface area (Å²) < 4.78 is 42.9. The van der Waals surface area contributed by atoms with Crippen LogP contribution in [0.3, 0.4) is 0 Å². The lowest BCUT2D eigenvalue weighted by molar-refractivity contribution is -0.140. The van der Waals surface area contributed by atoms with Gasteiger partial charge in [0.25, 0.3) is 0 Å². The molecule has 10 heteroatoms. The molecule has 41 heavy (non-hydrogen) atoms. The Hall–Kier alpha value is -3.76. The normalized spacial score (nSPS) is 12.3. The number of carbonyl (C=O) groups excluding carboxylic acids is 2. The van der Waals surface area contributed by atoms with Gasteiger partial charge in [0.05, 0.1) is 5.69 Å². The van der Waals surface area contributed by atoms with Crippen LogP contribution in [0.4, 0.5) is 10.1 Å². The Morgan fingerprint density at radius 1 is 0.902 bits per heavy atom. The quantitative estimate of drug-likeness (QED) is 0.346. The number of rotatable bonds is 12. The van der Waals surface area contributed by atoms with Crippen molar-refractivity contribution in [3.8, 4) is 0 Å². The first-order chi connectivity index (χ1) is 19.3. The second-order valence-corrected chi connectivity index (χ2v) is 12.7. The van der Waals surface area contributed by atoms with Crippen LogP contribution in [-0.2, 0) is 32.8 Å². The number of nitrogens with one attached hydrogen (secondary N) is 1. The zero-order valence-electron chi connectivity index (χ0n) is 24.5. The maximum Gasteiger partial charge on any atom is 0.304 e. The predicted molar refractivity (Wildman–Crippen MR) is 160 cm³/mol. The van der Waals surface area contributed by atoms with Crippen LogP contribution in [0, 0.1) is 19.7 Å². The molecule has 0 saturated heterocycles. The van der Waals surface area contributed by atoms with Gasteiger partial charge in [-0.1, -0.05) is 54.6 Å². The Bertz CT molecular complexity index is 1440. The van der Waals surface area contributed by atoms with Crippen LogP contribution >= 0.6 is 0 Å². The Morgan fingerprint density at radius 3 is 2.12 bits per heavy atom. The van der Waals surface area contributed by atoms with Gasteiger partial charge in [0.2, 0.25) is 11.8 Å². The number of anilines is 1. The molecule has 0 heterocycles. The van der Waals surface area contributed by atoms with Crippen LogP contribution < -0.4 is 9.62 Å². The van der Waals surface area contributed by atoms with Crippen LogP contribution in [0.2, 0.25) is 0 Å². The van der Waals surface area contributed by atoms with E-state index in [2.05, 4.69) is 5.32 Å². The Morgan fingerprint density at radius 2 is 1.54 bits per heavy atom. The van der Waals surface area contributed by atoms with Gasteiger partial charge >= 0.3 is 10.2 Å². The minimum atomic E-state index is -4.09. The van der Waals surface area contributed by atoms with Crippen molar-refractivity contribution >= 4 is 27.7 Å². The van der Waals surface area contributed by atoms with E-state index in [4.69, 9.17) is 0 Å². The van der Waals surface area contributed by atoms with Gasteiger partial charge in [-0.2, -0.15) is 12.7 Å². The van der Waals surface area contributed by atoms with E-state index < -0.39 is 34.5 Å². The highest BCUT2D eigenvalue weighted by molar-refractivity contribution is 7.90. The highest BCUT2D eigenvalue weighted by Crippen LogP contribution is 2.26. The third-order valence-electron chi connectivity index (χ3n) is 6.62. The number of nitrogens with zero attached hydrogens (tertiary/aromatic N) is 3. The Kier molecular flexibility index (Phi) is 10.6. The summed E-state index contributed by atoms with van der Waals surface area (Å²) in [4.78, 5) is 29.2. The van der Waals surface area contributed by atoms with Crippen molar-refractivity contribution < 1.29 is 22.4 Å². The highest BCUT2D eigenvalue weighted by atomic mass is 32.2. The van der Waals surface area contributed by atoms with Crippen molar-refractivity contribution in [1.82, 2.24) is 14.5 Å². The molecule has 0 aromatic heterocycles. The highest BCUT2D eigenvalue weighted by Gasteiger charge is 2.35. The number of aryl methyl sites for hydroxylation is 2. The number of amides is 2. The van der Waals surface area contributed by atoms with E-state index in [1.165, 1.54) is 31.1 Å². The van der Waals surface area contributed by atoms with Crippen molar-refractivity contribution in [2.24, 2.45) is 0 Å². The largest absolute Gasteiger partial charge is 0.352 e. The summed E-state index contributed by atoms with van der Waals surface area (Å²) in [6.45, 7) is 6.72. The molecular weight excluding hydrogens is 543 g/mol. The monoisotopic (exact) mass is 582 g/mol. The maximum atomic E-state index is 14.2. The Balaban J connectivity index is 2.12. The molecule has 0 spiro atoms. The lowest BCUT2D eigenvalue weighted by Gasteiger charge is -2.35. The molecule has 0 bridgehead atoms. The van der Waals surface area contributed by atoms with Crippen molar-refractivity contribution in [2.75, 3.05) is 24.9 Å². The zero-order chi connectivity index (χ0) is 30.3. The van der Waals surface area contributed by atoms with E-state index in [9.17, 15) is 22.4 Å². The predicted octanol–water partition coefficient (Wildman–Crippen LogP) is 4.22. The molecular formula is C31H39FN4O4S. The van der Waals surface area contributed by atoms with Gasteiger partial charge < -0.3 is 10.2 Å². The summed E-state index contributed by atoms with van der Waals surface area (Å²) in [6, 6.07) is 19.2. The molecule has 0 unspecified atom stereocenters. The van der Waals surface area contributed by atoms with Crippen LogP contribution in [0.15, 0.2) is 72.8 Å². The molecule has 8 nitrogen and oxygen atoms in total. The lowest BCUT2D eigenvalue weighted by Crippen LogP contribution is -2.55. The number of hydrogen-bond donors (Lipinski definition) is 1. The van der Waals surface area contributed by atoms with Gasteiger partial charge in [-0.15, -0.1) is 0 Å². The van der Waals surface area contributed by atoms with E-state index in [1.807, 2.05) is 57.2 Å². The first kappa shape index (κ1) is 31.8. The van der Waals surface area contributed by atoms with Crippen LogP contribution in [0.1, 0.15) is 36.1 Å². The van der Waals surface area contributed by atoms with Crippen molar-refractivity contribution in [3.05, 3.63) is 101 Å². The van der Waals surface area contributed by atoms with E-state index in [-0.39, 0.29) is 24.9 Å². The fourth-order valence-electron chi connectivity index (χ4n) is 4.41. The van der Waals surface area contributed by atoms with Crippen LogP contribution in [0.25, 0.3) is 0 Å². The smallest absolute Gasteiger partial charge is 0.304 e. The number of benzene rings is 3. The van der Waals surface area contributed by atoms with Gasteiger partial charge in [-0.05, 0) is 68.1 Å². The first-order valence-electron chi connectivity index (χ1n) is 13.4. The first-order valence-corrected chi connectivity index (χ1v) is 14.8. The average Bonchev–Trinajstić information content (AvgIpc) is 2.91. The van der Waals surface area contributed by atoms with Gasteiger partial charge in [0.15, 0.2) is 0 Å². The minimum absolute atomic E-state index is 0.0230. The summed E-state index contributed by atoms with van der Waals surface area (Å²) in [5, 5.41) is 2.91. The van der Waals surface area contributed by atoms with Crippen molar-refractivity contribution in [3.63, 3.8) is 0 Å². The maximum absolute atomic E-state index is 14.2. The molecule has 220 valence electrons. The van der Waals surface area contributed by atoms with Gasteiger partial charge in [-0.3, -0.25) is 9.59 Å². The van der Waals surface area contributed by atoms with Gasteiger partial charge in [-0.25, -0.2) is 8.70 Å². The topological polar surface area (TPSA) is 90.0 Å². The molecule has 0 aliphatic rings. The van der Waals surface area contributed by atoms with Crippen LogP contribution in [0.5, 0.6) is 0 Å². The second kappa shape index (κ2) is 13.7. The molecule has 3 aromatic rings. The molecule has 0 aliphatic heterocycles. The zero-order valence-corrected chi connectivity index (χ0v) is 25.3. The molecule has 0 radical (unpaired) electrons. The number of carbonyl (C=O) groups is 2. The lowest BCUT2D eigenvalue weighted by atomic mass is 10.0. The van der Waals surface area contributed by atoms with Crippen molar-refractivity contribution in [1.29, 1.82) is 0 Å². The SMILES string of the molecule is Cc1ccc(C)c(N(CC(=O)N(Cc2ccc(F)cc2)[C@H](Cc2ccccc2)C(=O)NC(C)C)S(=O)(=O)N(C)C)c1. The van der Waals surface area contributed by atoms with Crippen LogP contribution in [-0.4, -0.2) is 62.2 Å². The Labute approximate surface area is 243 Å². The van der Waals surface area contributed by atoms with Gasteiger partial charge in [0.1, 0.15) is 18.4 Å². The summed E-state index contributed by atoms with van der Waals surface area (Å²) in [7, 11) is -1.28. The molecule has 2 amide bonds. The molecule has 3 aromatic carbocycles. The molecule has 0 saturated carbocycles. The molecule has 1 N–H and O–H groups in total. The summed E-state index contributed by atoms with van der Waals surface area (Å²) >= 11 is 0. The third-order valence-corrected chi connectivity index (χ3v) is 8.43. The fraction of sp³-hybridized carbons (Fsp3) is 0.355. The minimum Gasteiger partial charge on any atom is -0.352 e. The summed E-state index contributed by atoms with van der Waals surface area (Å²) in [6.07, 6.45) is 0.205. The van der Waals surface area contributed by atoms with E-state index >= 15 is 0 Å². The third kappa shape index (κ3) is 8.37. The van der Waals surface area contributed by atoms with E-state index in [0.29, 0.717) is 16.8 Å². The standard InChI is InChI=1S/C31H39FN4O4S/c1-22(2)33-31(38)29(19-25-10-8-7-9-11-25)35(20-26-14-16-27(32)17-15-26)30(37)21-36(41(39,40)34(5)6)28-18-23(3)12-13-24(28)4/h7-18,22,29H,19-21H2,1-6H3,(H,33,38)/t29-/m1/s1. The fourth-order valence-corrected chi connectivity index (χ4v) is 5.52. The summed E-state index contributed by atoms with van der Waals surface area (Å²) in [5.41, 5.74) is 3.32. The molecule has 1 atom stereocenters. The molecule has 0 fully saturated rings. The second-order valence-electron chi connectivity index (χ2n) is 10.6. The molecule has 0 aliphatic carbocycles. The summed E-state index contributed by atoms with van der Waals surface area (Å²) in [5.74, 6) is -1.36. The number of halogens is 1. The molecule has 3 rings (SSSR count). The van der Waals surface area contributed by atoms with E-state index in [0.717, 1.165) is 19.7 Å². The number of hydrogen-bond acceptors (Lipinski definition) is 4. The van der Waals surface area contributed by atoms with Crippen molar-refractivity contribution in [2.45, 2.75) is 52.7 Å². The average molecular weight is 583 g/mol. The van der Waals surface area contributed by atoms with Gasteiger partial charge in [0, 0.05) is 33.1 Å².